The molecule has 3 heterocycles. The normalized spacial score (nSPS) is 16.0. The Labute approximate surface area is 291 Å². The fraction of sp³-hybridized carbons (Fsp3) is 0.122. The summed E-state index contributed by atoms with van der Waals surface area (Å²) in [5, 5.41) is 0.651. The lowest BCUT2D eigenvalue weighted by Crippen LogP contribution is -2.42. The van der Waals surface area contributed by atoms with E-state index < -0.39 is 39.4 Å². The van der Waals surface area contributed by atoms with Crippen molar-refractivity contribution < 1.29 is 31.2 Å². The van der Waals surface area contributed by atoms with E-state index in [-0.39, 0.29) is 33.0 Å². The van der Waals surface area contributed by atoms with Crippen LogP contribution in [0.1, 0.15) is 45.2 Å². The molecular formula is C41H29F3N2O4S. The third-order valence-corrected chi connectivity index (χ3v) is 11.6. The summed E-state index contributed by atoms with van der Waals surface area (Å²) in [6.07, 6.45) is -5.23. The van der Waals surface area contributed by atoms with Gasteiger partial charge in [0.05, 0.1) is 43.9 Å². The number of ketones is 1. The van der Waals surface area contributed by atoms with Crippen molar-refractivity contribution in [2.75, 3.05) is 0 Å². The van der Waals surface area contributed by atoms with Gasteiger partial charge in [-0.05, 0) is 61.9 Å². The summed E-state index contributed by atoms with van der Waals surface area (Å²) < 4.78 is 74.4. The summed E-state index contributed by atoms with van der Waals surface area (Å²) in [6, 6.07) is 33.7. The van der Waals surface area contributed by atoms with Crippen molar-refractivity contribution in [2.24, 2.45) is 0 Å². The number of carbonyl (C=O) groups is 2. The number of para-hydroxylation sites is 1. The predicted molar refractivity (Wildman–Crippen MR) is 190 cm³/mol. The molecule has 6 nitrogen and oxygen atoms in total. The SMILES string of the molecule is Cc1ccc(S(=O)(=O)n2c(-c3ccccc3)c(C(=O)CC3(C)C(=O)n4c(cc5ccccc54)-c4ccccc43)c3cc(C(F)(F)F)ccc32)cc1. The highest BCUT2D eigenvalue weighted by Crippen LogP contribution is 2.47. The Kier molecular flexibility index (Phi) is 7.25. The predicted octanol–water partition coefficient (Wildman–Crippen LogP) is 9.68. The number of hydrogen-bond acceptors (Lipinski definition) is 4. The van der Waals surface area contributed by atoms with Crippen molar-refractivity contribution >= 4 is 43.5 Å². The Morgan fingerprint density at radius 2 is 1.45 bits per heavy atom. The van der Waals surface area contributed by atoms with Crippen LogP contribution in [-0.2, 0) is 21.6 Å². The number of benzene rings is 5. The van der Waals surface area contributed by atoms with Crippen molar-refractivity contribution in [3.05, 3.63) is 150 Å². The molecule has 0 spiro atoms. The van der Waals surface area contributed by atoms with Gasteiger partial charge in [0.1, 0.15) is 0 Å². The molecule has 10 heteroatoms. The zero-order valence-corrected chi connectivity index (χ0v) is 28.2. The molecule has 5 aromatic carbocycles. The summed E-state index contributed by atoms with van der Waals surface area (Å²) in [4.78, 5) is 29.6. The monoisotopic (exact) mass is 702 g/mol. The molecule has 2 aromatic heterocycles. The highest BCUT2D eigenvalue weighted by atomic mass is 32.2. The quantitative estimate of drug-likeness (QED) is 0.162. The van der Waals surface area contributed by atoms with Crippen LogP contribution in [0.5, 0.6) is 0 Å². The van der Waals surface area contributed by atoms with Crippen LogP contribution in [0.3, 0.4) is 0 Å². The summed E-state index contributed by atoms with van der Waals surface area (Å²) in [5.41, 5.74) is 0.881. The lowest BCUT2D eigenvalue weighted by atomic mass is 9.72. The molecule has 0 amide bonds. The molecule has 1 atom stereocenters. The zero-order chi connectivity index (χ0) is 35.9. The molecule has 0 saturated carbocycles. The van der Waals surface area contributed by atoms with E-state index in [1.807, 2.05) is 42.5 Å². The molecule has 1 aliphatic rings. The largest absolute Gasteiger partial charge is 0.416 e. The maximum Gasteiger partial charge on any atom is 0.416 e. The van der Waals surface area contributed by atoms with E-state index in [2.05, 4.69) is 0 Å². The molecule has 0 fully saturated rings. The number of nitrogens with zero attached hydrogens (tertiary/aromatic N) is 2. The van der Waals surface area contributed by atoms with Gasteiger partial charge in [0, 0.05) is 28.3 Å². The first-order chi connectivity index (χ1) is 24.3. The van der Waals surface area contributed by atoms with Crippen molar-refractivity contribution in [1.82, 2.24) is 8.54 Å². The van der Waals surface area contributed by atoms with Gasteiger partial charge in [0.15, 0.2) is 5.78 Å². The van der Waals surface area contributed by atoms with Crippen LogP contribution in [0.15, 0.2) is 132 Å². The zero-order valence-electron chi connectivity index (χ0n) is 27.4. The van der Waals surface area contributed by atoms with Gasteiger partial charge in [-0.1, -0.05) is 90.5 Å². The van der Waals surface area contributed by atoms with Crippen LogP contribution in [0.2, 0.25) is 0 Å². The molecule has 254 valence electrons. The molecule has 0 bridgehead atoms. The number of halogens is 3. The van der Waals surface area contributed by atoms with Crippen LogP contribution in [0.4, 0.5) is 13.2 Å². The fourth-order valence-electron chi connectivity index (χ4n) is 7.35. The van der Waals surface area contributed by atoms with Gasteiger partial charge >= 0.3 is 6.18 Å². The van der Waals surface area contributed by atoms with E-state index >= 15 is 4.79 Å². The van der Waals surface area contributed by atoms with Crippen molar-refractivity contribution in [3.8, 4) is 22.5 Å². The van der Waals surface area contributed by atoms with E-state index in [4.69, 9.17) is 0 Å². The van der Waals surface area contributed by atoms with E-state index in [9.17, 15) is 26.4 Å². The minimum Gasteiger partial charge on any atom is -0.294 e. The van der Waals surface area contributed by atoms with Crippen LogP contribution in [0.25, 0.3) is 44.3 Å². The standard InChI is InChI=1S/C41H29F3N2O4S/c1-25-16-19-29(20-17-25)51(49,50)46-34-21-18-28(41(42,43)44)23-31(34)37(38(46)26-10-4-3-5-11-26)36(47)24-40(2)32-14-8-7-13-30(32)35-22-27-12-6-9-15-33(27)45(35)39(40)48/h3-23H,24H2,1-2H3. The number of aryl methyl sites for hydroxylation is 1. The highest BCUT2D eigenvalue weighted by molar-refractivity contribution is 7.90. The summed E-state index contributed by atoms with van der Waals surface area (Å²) in [5.74, 6) is -1.05. The van der Waals surface area contributed by atoms with Gasteiger partial charge in [-0.3, -0.25) is 14.2 Å². The first-order valence-electron chi connectivity index (χ1n) is 16.2. The summed E-state index contributed by atoms with van der Waals surface area (Å²) in [6.45, 7) is 3.46. The molecule has 7 aromatic rings. The van der Waals surface area contributed by atoms with E-state index in [1.54, 1.807) is 73.0 Å². The average molecular weight is 703 g/mol. The second kappa shape index (κ2) is 11.4. The lowest BCUT2D eigenvalue weighted by molar-refractivity contribution is -0.137. The Morgan fingerprint density at radius 3 is 2.18 bits per heavy atom. The van der Waals surface area contributed by atoms with Gasteiger partial charge < -0.3 is 0 Å². The Hall–Kier alpha value is -5.74. The number of rotatable bonds is 6. The van der Waals surface area contributed by atoms with Gasteiger partial charge in [-0.2, -0.15) is 13.2 Å². The topological polar surface area (TPSA) is 78.1 Å². The molecule has 0 radical (unpaired) electrons. The first-order valence-corrected chi connectivity index (χ1v) is 17.7. The second-order valence-corrected chi connectivity index (χ2v) is 14.9. The van der Waals surface area contributed by atoms with E-state index in [0.29, 0.717) is 22.3 Å². The number of alkyl halides is 3. The Morgan fingerprint density at radius 1 is 0.784 bits per heavy atom. The molecule has 1 unspecified atom stereocenters. The molecule has 0 N–H and O–H groups in total. The molecule has 0 aliphatic carbocycles. The van der Waals surface area contributed by atoms with Gasteiger partial charge in [0.25, 0.3) is 10.0 Å². The molecule has 0 saturated heterocycles. The van der Waals surface area contributed by atoms with Crippen LogP contribution < -0.4 is 0 Å². The van der Waals surface area contributed by atoms with E-state index in [1.165, 1.54) is 12.1 Å². The Bertz CT molecular complexity index is 2670. The second-order valence-electron chi connectivity index (χ2n) is 13.1. The molecule has 51 heavy (non-hydrogen) atoms. The van der Waals surface area contributed by atoms with E-state index in [0.717, 1.165) is 38.7 Å². The number of hydrogen-bond donors (Lipinski definition) is 0. The van der Waals surface area contributed by atoms with Crippen LogP contribution in [0, 0.1) is 6.92 Å². The maximum atomic E-state index is 15.0. The number of Topliss-reactive ketones (excluding diaryl/α,β-unsaturated/α-hetero) is 1. The van der Waals surface area contributed by atoms with Crippen molar-refractivity contribution in [1.29, 1.82) is 0 Å². The third kappa shape index (κ3) is 4.96. The molecular weight excluding hydrogens is 674 g/mol. The maximum absolute atomic E-state index is 15.0. The minimum atomic E-state index is -4.78. The Balaban J connectivity index is 1.40. The van der Waals surface area contributed by atoms with Gasteiger partial charge in [-0.15, -0.1) is 0 Å². The van der Waals surface area contributed by atoms with Crippen molar-refractivity contribution in [2.45, 2.75) is 36.8 Å². The number of aromatic nitrogens is 2. The summed E-state index contributed by atoms with van der Waals surface area (Å²) >= 11 is 0. The number of fused-ring (bicyclic) bond motifs is 6. The highest BCUT2D eigenvalue weighted by Gasteiger charge is 2.46. The van der Waals surface area contributed by atoms with Crippen LogP contribution in [-0.4, -0.2) is 28.6 Å². The molecule has 8 rings (SSSR count). The first kappa shape index (κ1) is 32.5. The van der Waals surface area contributed by atoms with Crippen LogP contribution >= 0.6 is 0 Å². The minimum absolute atomic E-state index is 0.0808. The fourth-order valence-corrected chi connectivity index (χ4v) is 8.89. The third-order valence-electron chi connectivity index (χ3n) is 9.83. The lowest BCUT2D eigenvalue weighted by Gasteiger charge is -2.35. The molecule has 1 aliphatic heterocycles. The number of carbonyl (C=O) groups excluding carboxylic acids is 2. The van der Waals surface area contributed by atoms with Gasteiger partial charge in [0.2, 0.25) is 5.91 Å². The van der Waals surface area contributed by atoms with Gasteiger partial charge in [-0.25, -0.2) is 12.4 Å². The van der Waals surface area contributed by atoms with Crippen molar-refractivity contribution in [3.63, 3.8) is 0 Å². The summed E-state index contributed by atoms with van der Waals surface area (Å²) in [7, 11) is -4.47. The average Bonchev–Trinajstić information content (AvgIpc) is 3.68. The smallest absolute Gasteiger partial charge is 0.294 e.